The first kappa shape index (κ1) is 77.7. The molecule has 0 bridgehead atoms. The van der Waals surface area contributed by atoms with Crippen molar-refractivity contribution in [3.8, 4) is 34.5 Å². The van der Waals surface area contributed by atoms with Gasteiger partial charge in [0.15, 0.2) is 0 Å². The van der Waals surface area contributed by atoms with E-state index in [2.05, 4.69) is 358 Å². The van der Waals surface area contributed by atoms with Crippen LogP contribution in [-0.4, -0.2) is 0 Å². The highest BCUT2D eigenvalue weighted by Crippen LogP contribution is 2.53. The molecule has 0 aliphatic carbocycles. The lowest BCUT2D eigenvalue weighted by atomic mass is 9.80. The predicted molar refractivity (Wildman–Crippen MR) is 401 cm³/mol. The van der Waals surface area contributed by atoms with Crippen molar-refractivity contribution in [1.82, 2.24) is 0 Å². The monoisotopic (exact) mass is 1290 g/mol. The summed E-state index contributed by atoms with van der Waals surface area (Å²) in [4.78, 5) is 0. The van der Waals surface area contributed by atoms with Crippen LogP contribution in [0.4, 0.5) is 0 Å². The first-order valence-electron chi connectivity index (χ1n) is 33.7. The van der Waals surface area contributed by atoms with Crippen LogP contribution in [0.15, 0.2) is 109 Å². The van der Waals surface area contributed by atoms with Crippen LogP contribution < -0.4 is 27.1 Å². The standard InChI is InChI=1S/2C42H63O3P/c2*1-37(2,3)28-19-22-34(31(25-28)40(10,11)12)43-46(44-35-23-20-29(38(4,5)6)26-32(35)41(13,14)15)45-36-24-21-30(39(7,8)9)27-33(36)42(16,17)18/h2*19-27H,1-18H3. The Morgan fingerprint density at radius 2 is 0.272 bits per heavy atom. The predicted octanol–water partition coefficient (Wildman–Crippen LogP) is 26.5. The summed E-state index contributed by atoms with van der Waals surface area (Å²) in [5.74, 6) is 4.74. The summed E-state index contributed by atoms with van der Waals surface area (Å²) in [6, 6.07) is 39.4. The highest BCUT2D eigenvalue weighted by molar-refractivity contribution is 7.43. The molecule has 0 N–H and O–H groups in total. The van der Waals surface area contributed by atoms with Gasteiger partial charge in [0.1, 0.15) is 34.5 Å². The van der Waals surface area contributed by atoms with Gasteiger partial charge in [0.25, 0.3) is 0 Å². The normalized spacial score (nSPS) is 13.6. The van der Waals surface area contributed by atoms with E-state index < -0.39 is 17.2 Å². The zero-order valence-electron chi connectivity index (χ0n) is 64.7. The molecule has 0 saturated carbocycles. The molecule has 0 unspecified atom stereocenters. The molecular weight excluding hydrogens is 1170 g/mol. The number of hydrogen-bond donors (Lipinski definition) is 0. The quantitative estimate of drug-likeness (QED) is 0.114. The molecule has 508 valence electrons. The molecule has 8 heteroatoms. The van der Waals surface area contributed by atoms with Gasteiger partial charge in [-0.1, -0.05) is 322 Å². The number of benzene rings is 6. The van der Waals surface area contributed by atoms with E-state index in [1.54, 1.807) is 0 Å². The summed E-state index contributed by atoms with van der Waals surface area (Å²) in [7, 11) is -3.79. The first-order valence-corrected chi connectivity index (χ1v) is 35.9. The van der Waals surface area contributed by atoms with Crippen LogP contribution in [-0.2, 0) is 65.0 Å². The molecule has 0 amide bonds. The van der Waals surface area contributed by atoms with Crippen molar-refractivity contribution in [2.24, 2.45) is 0 Å². The molecular formula is C84H126O6P2. The minimum absolute atomic E-state index is 0.0170. The van der Waals surface area contributed by atoms with Crippen LogP contribution in [0.25, 0.3) is 0 Å². The zero-order chi connectivity index (χ0) is 70.5. The van der Waals surface area contributed by atoms with Gasteiger partial charge in [-0.15, -0.1) is 0 Å². The fourth-order valence-corrected chi connectivity index (χ4v) is 12.7. The summed E-state index contributed by atoms with van der Waals surface area (Å²) >= 11 is 0. The van der Waals surface area contributed by atoms with Crippen molar-refractivity contribution in [3.05, 3.63) is 176 Å². The lowest BCUT2D eigenvalue weighted by molar-refractivity contribution is 0.370. The van der Waals surface area contributed by atoms with E-state index in [0.717, 1.165) is 67.9 Å². The van der Waals surface area contributed by atoms with Crippen molar-refractivity contribution < 1.29 is 27.1 Å². The molecule has 0 aliphatic heterocycles. The largest absolute Gasteiger partial charge is 0.530 e. The van der Waals surface area contributed by atoms with E-state index in [0.29, 0.717) is 0 Å². The van der Waals surface area contributed by atoms with Crippen LogP contribution >= 0.6 is 17.2 Å². The van der Waals surface area contributed by atoms with E-state index >= 15 is 0 Å². The van der Waals surface area contributed by atoms with Gasteiger partial charge in [0.05, 0.1) is 0 Å². The van der Waals surface area contributed by atoms with E-state index in [1.165, 1.54) is 33.4 Å². The van der Waals surface area contributed by atoms with Crippen LogP contribution in [0.3, 0.4) is 0 Å². The third-order valence-corrected chi connectivity index (χ3v) is 19.0. The van der Waals surface area contributed by atoms with E-state index in [9.17, 15) is 0 Å². The third-order valence-electron chi connectivity index (χ3n) is 17.0. The lowest BCUT2D eigenvalue weighted by Crippen LogP contribution is -2.20. The van der Waals surface area contributed by atoms with Gasteiger partial charge in [-0.2, -0.15) is 0 Å². The van der Waals surface area contributed by atoms with Crippen molar-refractivity contribution in [1.29, 1.82) is 0 Å². The molecule has 0 aromatic heterocycles. The van der Waals surface area contributed by atoms with Gasteiger partial charge in [-0.25, -0.2) is 0 Å². The van der Waals surface area contributed by atoms with Gasteiger partial charge >= 0.3 is 17.2 Å². The molecule has 6 aromatic carbocycles. The Bertz CT molecular complexity index is 2880. The zero-order valence-corrected chi connectivity index (χ0v) is 66.5. The summed E-state index contributed by atoms with van der Waals surface area (Å²) in [6.45, 7) is 80.7. The minimum atomic E-state index is -1.89. The Kier molecular flexibility index (Phi) is 23.0. The highest BCUT2D eigenvalue weighted by Gasteiger charge is 2.36. The maximum atomic E-state index is 6.90. The molecule has 0 aliphatic rings. The molecule has 6 nitrogen and oxygen atoms in total. The second kappa shape index (κ2) is 27.2. The van der Waals surface area contributed by atoms with Crippen molar-refractivity contribution >= 4 is 17.2 Å². The van der Waals surface area contributed by atoms with Gasteiger partial charge < -0.3 is 27.1 Å². The Hall–Kier alpha value is -5.02. The first-order chi connectivity index (χ1) is 41.2. The average molecular weight is 1290 g/mol. The maximum Gasteiger partial charge on any atom is 0.530 e. The Morgan fingerprint density at radius 3 is 0.359 bits per heavy atom. The molecule has 0 fully saturated rings. The molecule has 0 spiro atoms. The van der Waals surface area contributed by atoms with Gasteiger partial charge in [-0.3, -0.25) is 0 Å². The minimum Gasteiger partial charge on any atom is -0.408 e. The Balaban J connectivity index is 0.000000334. The van der Waals surface area contributed by atoms with Crippen molar-refractivity contribution in [2.45, 2.75) is 314 Å². The van der Waals surface area contributed by atoms with E-state index in [4.69, 9.17) is 27.1 Å². The summed E-state index contributed by atoms with van der Waals surface area (Å²) < 4.78 is 41.4. The topological polar surface area (TPSA) is 55.4 Å². The molecule has 6 rings (SSSR count). The van der Waals surface area contributed by atoms with Crippen molar-refractivity contribution in [3.63, 3.8) is 0 Å². The highest BCUT2D eigenvalue weighted by atomic mass is 31.2. The third kappa shape index (κ3) is 21.0. The fourth-order valence-electron chi connectivity index (χ4n) is 10.6. The summed E-state index contributed by atoms with van der Waals surface area (Å²) in [5, 5.41) is 0. The fraction of sp³-hybridized carbons (Fsp3) is 0.571. The number of hydrogen-bond acceptors (Lipinski definition) is 6. The van der Waals surface area contributed by atoms with Gasteiger partial charge in [0.2, 0.25) is 0 Å². The maximum absolute atomic E-state index is 6.90. The van der Waals surface area contributed by atoms with Crippen molar-refractivity contribution in [2.75, 3.05) is 0 Å². The van der Waals surface area contributed by atoms with Gasteiger partial charge in [0, 0.05) is 33.4 Å². The van der Waals surface area contributed by atoms with Gasteiger partial charge in [-0.05, 0) is 135 Å². The molecule has 0 heterocycles. The summed E-state index contributed by atoms with van der Waals surface area (Å²) in [5.41, 5.74) is 13.7. The number of rotatable bonds is 12. The van der Waals surface area contributed by atoms with Crippen LogP contribution in [0.2, 0.25) is 0 Å². The molecule has 0 atom stereocenters. The molecule has 0 saturated heterocycles. The van der Waals surface area contributed by atoms with Crippen LogP contribution in [0, 0.1) is 0 Å². The second-order valence-electron chi connectivity index (χ2n) is 38.3. The summed E-state index contributed by atoms with van der Waals surface area (Å²) in [6.07, 6.45) is 0. The molecule has 0 radical (unpaired) electrons. The smallest absolute Gasteiger partial charge is 0.408 e. The van der Waals surface area contributed by atoms with Crippen LogP contribution in [0.5, 0.6) is 34.5 Å². The molecule has 6 aromatic rings. The van der Waals surface area contributed by atoms with E-state index in [1.807, 2.05) is 0 Å². The lowest BCUT2D eigenvalue weighted by Gasteiger charge is -2.31. The Labute approximate surface area is 565 Å². The van der Waals surface area contributed by atoms with Crippen LogP contribution in [0.1, 0.15) is 316 Å². The SMILES string of the molecule is CC(C)(C)c1ccc(OP(Oc2ccc(C(C)(C)C)cc2C(C)(C)C)Oc2ccc(C(C)(C)C)cc2C(C)(C)C)c(C(C)(C)C)c1.CC(C)(C)c1ccc(OP(Oc2ccc(C(C)(C)C)cc2C(C)(C)C)Oc2ccc(C(C)(C)C)cc2C(C)(C)C)c(C(C)(C)C)c1. The average Bonchev–Trinajstić information content (AvgIpc) is 0.804. The Morgan fingerprint density at radius 1 is 0.163 bits per heavy atom. The molecule has 92 heavy (non-hydrogen) atoms. The second-order valence-corrected chi connectivity index (χ2v) is 40.3. The van der Waals surface area contributed by atoms with E-state index in [-0.39, 0.29) is 65.0 Å².